The van der Waals surface area contributed by atoms with Crippen LogP contribution in [0.2, 0.25) is 0 Å². The normalized spacial score (nSPS) is 17.5. The molecule has 0 aliphatic carbocycles. The van der Waals surface area contributed by atoms with E-state index in [1.165, 1.54) is 19.2 Å². The van der Waals surface area contributed by atoms with E-state index in [0.717, 1.165) is 19.4 Å². The van der Waals surface area contributed by atoms with Crippen LogP contribution in [0.3, 0.4) is 0 Å². The first-order valence-corrected chi connectivity index (χ1v) is 11.8. The Morgan fingerprint density at radius 2 is 2.03 bits per heavy atom. The highest BCUT2D eigenvalue weighted by molar-refractivity contribution is 7.91. The van der Waals surface area contributed by atoms with Crippen LogP contribution in [0.5, 0.6) is 5.75 Å². The molecule has 7 nitrogen and oxygen atoms in total. The molecule has 2 heterocycles. The molecule has 164 valence electrons. The van der Waals surface area contributed by atoms with Crippen LogP contribution in [0.4, 0.5) is 4.39 Å². The highest BCUT2D eigenvalue weighted by atomic mass is 32.2. The summed E-state index contributed by atoms with van der Waals surface area (Å²) in [5.74, 6) is 1.21. The predicted molar refractivity (Wildman–Crippen MR) is 113 cm³/mol. The number of aromatic nitrogens is 2. The summed E-state index contributed by atoms with van der Waals surface area (Å²) < 4.78 is 49.2. The lowest BCUT2D eigenvalue weighted by atomic mass is 9.98. The third-order valence-electron chi connectivity index (χ3n) is 5.48. The molecular formula is C22H24FN3O4S. The number of hydrogen-bond donors (Lipinski definition) is 0. The van der Waals surface area contributed by atoms with E-state index in [4.69, 9.17) is 9.26 Å². The van der Waals surface area contributed by atoms with Gasteiger partial charge in [0.1, 0.15) is 11.6 Å². The van der Waals surface area contributed by atoms with E-state index >= 15 is 0 Å². The summed E-state index contributed by atoms with van der Waals surface area (Å²) in [7, 11) is -1.90. The van der Waals surface area contributed by atoms with Crippen molar-refractivity contribution in [2.45, 2.75) is 23.7 Å². The maximum absolute atomic E-state index is 13.1. The Labute approximate surface area is 180 Å². The molecule has 1 fully saturated rings. The zero-order valence-corrected chi connectivity index (χ0v) is 18.0. The van der Waals surface area contributed by atoms with Gasteiger partial charge in [0.15, 0.2) is 9.84 Å². The molecule has 2 aromatic carbocycles. The fourth-order valence-electron chi connectivity index (χ4n) is 3.74. The van der Waals surface area contributed by atoms with Gasteiger partial charge in [-0.3, -0.25) is 0 Å². The summed E-state index contributed by atoms with van der Waals surface area (Å²) in [6.45, 7) is 1.90. The Kier molecular flexibility index (Phi) is 6.33. The highest BCUT2D eigenvalue weighted by Crippen LogP contribution is 2.28. The van der Waals surface area contributed by atoms with Crippen molar-refractivity contribution in [3.8, 4) is 17.1 Å². The van der Waals surface area contributed by atoms with Gasteiger partial charge in [-0.25, -0.2) is 12.8 Å². The van der Waals surface area contributed by atoms with E-state index in [0.29, 0.717) is 36.1 Å². The molecule has 1 atom stereocenters. The van der Waals surface area contributed by atoms with E-state index in [-0.39, 0.29) is 22.4 Å². The van der Waals surface area contributed by atoms with Crippen LogP contribution in [0.1, 0.15) is 24.7 Å². The van der Waals surface area contributed by atoms with E-state index in [1.54, 1.807) is 36.4 Å². The van der Waals surface area contributed by atoms with E-state index in [2.05, 4.69) is 15.0 Å². The smallest absolute Gasteiger partial charge is 0.231 e. The second-order valence-electron chi connectivity index (χ2n) is 7.60. The molecule has 1 aromatic heterocycles. The van der Waals surface area contributed by atoms with Crippen molar-refractivity contribution in [1.82, 2.24) is 15.0 Å². The molecule has 1 aliphatic rings. The topological polar surface area (TPSA) is 85.5 Å². The fraction of sp³-hybridized carbons (Fsp3) is 0.364. The van der Waals surface area contributed by atoms with Crippen molar-refractivity contribution in [1.29, 1.82) is 0 Å². The van der Waals surface area contributed by atoms with Crippen LogP contribution in [0, 0.1) is 5.82 Å². The lowest BCUT2D eigenvalue weighted by molar-refractivity contribution is 0.195. The van der Waals surface area contributed by atoms with E-state index in [9.17, 15) is 12.8 Å². The van der Waals surface area contributed by atoms with Crippen LogP contribution in [-0.4, -0.2) is 56.0 Å². The van der Waals surface area contributed by atoms with Crippen LogP contribution >= 0.6 is 0 Å². The lowest BCUT2D eigenvalue weighted by Gasteiger charge is -2.30. The number of likely N-dealkylation sites (tertiary alicyclic amines) is 1. The molecule has 3 aromatic rings. The molecule has 9 heteroatoms. The largest absolute Gasteiger partial charge is 0.497 e. The Balaban J connectivity index is 1.39. The summed E-state index contributed by atoms with van der Waals surface area (Å²) in [6.07, 6.45) is 1.81. The number of benzene rings is 2. The summed E-state index contributed by atoms with van der Waals surface area (Å²) in [4.78, 5) is 6.87. The third kappa shape index (κ3) is 5.11. The Bertz CT molecular complexity index is 1130. The quantitative estimate of drug-likeness (QED) is 0.550. The van der Waals surface area contributed by atoms with Gasteiger partial charge in [0.2, 0.25) is 11.7 Å². The summed E-state index contributed by atoms with van der Waals surface area (Å²) in [5.41, 5.74) is 0.688. The third-order valence-corrected chi connectivity index (χ3v) is 7.17. The fourth-order valence-corrected chi connectivity index (χ4v) is 5.06. The van der Waals surface area contributed by atoms with Gasteiger partial charge >= 0.3 is 0 Å². The first kappa shape index (κ1) is 21.5. The molecule has 1 aliphatic heterocycles. The number of sulfone groups is 1. The number of methoxy groups -OCH3 is 1. The number of ether oxygens (including phenoxy) is 1. The molecule has 31 heavy (non-hydrogen) atoms. The van der Waals surface area contributed by atoms with Crippen molar-refractivity contribution in [3.63, 3.8) is 0 Å². The average Bonchev–Trinajstić information content (AvgIpc) is 3.29. The van der Waals surface area contributed by atoms with Gasteiger partial charge in [0, 0.05) is 18.7 Å². The number of rotatable bonds is 7. The number of nitrogens with zero attached hydrogens (tertiary/aromatic N) is 3. The standard InChI is InChI=1S/C22H24FN3O4S/c1-29-19-5-2-6-20(14-19)31(27,28)13-12-26-11-3-4-17(15-26)22-24-21(25-30-22)16-7-9-18(23)10-8-16/h2,5-10,14,17H,3-4,11-13,15H2,1H3. The molecule has 1 unspecified atom stereocenters. The lowest BCUT2D eigenvalue weighted by Crippen LogP contribution is -2.37. The number of halogens is 1. The van der Waals surface area contributed by atoms with Gasteiger partial charge in [-0.15, -0.1) is 0 Å². The van der Waals surface area contributed by atoms with Gasteiger partial charge in [-0.1, -0.05) is 11.2 Å². The zero-order valence-electron chi connectivity index (χ0n) is 17.2. The van der Waals surface area contributed by atoms with Crippen molar-refractivity contribution in [2.24, 2.45) is 0 Å². The molecule has 0 spiro atoms. The van der Waals surface area contributed by atoms with Gasteiger partial charge in [-0.2, -0.15) is 4.98 Å². The van der Waals surface area contributed by atoms with Gasteiger partial charge in [0.25, 0.3) is 0 Å². The Hall–Kier alpha value is -2.78. The Morgan fingerprint density at radius 3 is 2.81 bits per heavy atom. The minimum absolute atomic E-state index is 0.0253. The minimum atomic E-state index is -3.41. The monoisotopic (exact) mass is 445 g/mol. The van der Waals surface area contributed by atoms with Crippen molar-refractivity contribution in [2.75, 3.05) is 32.5 Å². The van der Waals surface area contributed by atoms with Crippen LogP contribution < -0.4 is 4.74 Å². The number of piperidine rings is 1. The van der Waals surface area contributed by atoms with Gasteiger partial charge in [0.05, 0.1) is 23.7 Å². The minimum Gasteiger partial charge on any atom is -0.497 e. The molecule has 0 amide bonds. The highest BCUT2D eigenvalue weighted by Gasteiger charge is 2.27. The van der Waals surface area contributed by atoms with Crippen LogP contribution in [-0.2, 0) is 9.84 Å². The zero-order chi connectivity index (χ0) is 21.8. The molecule has 0 saturated carbocycles. The molecule has 0 N–H and O–H groups in total. The molecular weight excluding hydrogens is 421 g/mol. The average molecular weight is 446 g/mol. The maximum Gasteiger partial charge on any atom is 0.231 e. The maximum atomic E-state index is 13.1. The molecule has 4 rings (SSSR count). The SMILES string of the molecule is COc1cccc(S(=O)(=O)CCN2CCCC(c3nc(-c4ccc(F)cc4)no3)C2)c1. The van der Waals surface area contributed by atoms with Crippen LogP contribution in [0.25, 0.3) is 11.4 Å². The molecule has 0 radical (unpaired) electrons. The van der Waals surface area contributed by atoms with Gasteiger partial charge in [-0.05, 0) is 61.9 Å². The summed E-state index contributed by atoms with van der Waals surface area (Å²) in [6, 6.07) is 12.5. The summed E-state index contributed by atoms with van der Waals surface area (Å²) in [5, 5.41) is 4.02. The second kappa shape index (κ2) is 9.15. The van der Waals surface area contributed by atoms with Crippen molar-refractivity contribution >= 4 is 9.84 Å². The summed E-state index contributed by atoms with van der Waals surface area (Å²) >= 11 is 0. The molecule has 0 bridgehead atoms. The Morgan fingerprint density at radius 1 is 1.23 bits per heavy atom. The number of hydrogen-bond acceptors (Lipinski definition) is 7. The second-order valence-corrected chi connectivity index (χ2v) is 9.71. The van der Waals surface area contributed by atoms with E-state index in [1.807, 2.05) is 0 Å². The molecule has 1 saturated heterocycles. The van der Waals surface area contributed by atoms with Crippen molar-refractivity contribution < 1.29 is 22.1 Å². The first-order valence-electron chi connectivity index (χ1n) is 10.1. The predicted octanol–water partition coefficient (Wildman–Crippen LogP) is 3.54. The first-order chi connectivity index (χ1) is 14.9. The van der Waals surface area contributed by atoms with Crippen LogP contribution in [0.15, 0.2) is 57.9 Å². The van der Waals surface area contributed by atoms with E-state index < -0.39 is 9.84 Å². The van der Waals surface area contributed by atoms with Gasteiger partial charge < -0.3 is 14.2 Å². The van der Waals surface area contributed by atoms with Crippen molar-refractivity contribution in [3.05, 3.63) is 60.2 Å².